The van der Waals surface area contributed by atoms with E-state index in [2.05, 4.69) is 20.2 Å². The molecule has 0 saturated heterocycles. The highest BCUT2D eigenvalue weighted by Crippen LogP contribution is 2.30. The van der Waals surface area contributed by atoms with E-state index in [9.17, 15) is 23.3 Å². The molecule has 2 N–H and O–H groups in total. The average Bonchev–Trinajstić information content (AvgIpc) is 3.13. The zero-order chi connectivity index (χ0) is 21.2. The van der Waals surface area contributed by atoms with Crippen LogP contribution in [0.2, 0.25) is 5.02 Å². The molecule has 0 unspecified atom stereocenters. The minimum absolute atomic E-state index is 0.0268. The molecule has 150 valence electrons. The van der Waals surface area contributed by atoms with Crippen molar-refractivity contribution in [3.8, 4) is 0 Å². The molecule has 1 amide bonds. The molecule has 1 heterocycles. The van der Waals surface area contributed by atoms with E-state index in [4.69, 9.17) is 11.6 Å². The number of sulfonamides is 1. The number of rotatable bonds is 6. The van der Waals surface area contributed by atoms with Gasteiger partial charge in [0.2, 0.25) is 5.13 Å². The third-order valence-corrected chi connectivity index (χ3v) is 6.48. The first-order chi connectivity index (χ1) is 13.7. The van der Waals surface area contributed by atoms with Gasteiger partial charge in [-0.1, -0.05) is 40.6 Å². The van der Waals surface area contributed by atoms with Crippen molar-refractivity contribution in [3.05, 3.63) is 68.7 Å². The second-order valence-corrected chi connectivity index (χ2v) is 8.96. The lowest BCUT2D eigenvalue weighted by Gasteiger charge is -2.06. The summed E-state index contributed by atoms with van der Waals surface area (Å²) in [5, 5.41) is 20.5. The van der Waals surface area contributed by atoms with E-state index >= 15 is 0 Å². The highest BCUT2D eigenvalue weighted by Gasteiger charge is 2.23. The van der Waals surface area contributed by atoms with Crippen molar-refractivity contribution in [2.24, 2.45) is 0 Å². The maximum absolute atomic E-state index is 12.5. The quantitative estimate of drug-likeness (QED) is 0.330. The summed E-state index contributed by atoms with van der Waals surface area (Å²) in [6, 6.07) is 10.1. The number of aryl methyl sites for hydroxylation is 1. The Hall–Kier alpha value is -3.09. The molecular weight excluding hydrogens is 442 g/mol. The van der Waals surface area contributed by atoms with Gasteiger partial charge in [-0.15, -0.1) is 10.2 Å². The number of hydrogen-bond donors (Lipinski definition) is 2. The number of aromatic nitrogens is 2. The molecule has 0 bridgehead atoms. The summed E-state index contributed by atoms with van der Waals surface area (Å²) in [6.07, 6.45) is 0. The van der Waals surface area contributed by atoms with Gasteiger partial charge >= 0.3 is 0 Å². The van der Waals surface area contributed by atoms with Crippen LogP contribution in [0.15, 0.2) is 46.8 Å². The Kier molecular flexibility index (Phi) is 5.77. The van der Waals surface area contributed by atoms with Crippen LogP contribution in [0.3, 0.4) is 0 Å². The first-order valence-electron chi connectivity index (χ1n) is 7.84. The van der Waals surface area contributed by atoms with Gasteiger partial charge in [0.05, 0.1) is 15.6 Å². The SMILES string of the molecule is Cc1ccc(C(=O)Nc2nnc(S(=O)(=O)Nc3cc([N+](=O)[O-])ccc3Cl)s2)cc1. The molecule has 0 aliphatic carbocycles. The Morgan fingerprint density at radius 1 is 1.17 bits per heavy atom. The second kappa shape index (κ2) is 8.11. The van der Waals surface area contributed by atoms with E-state index in [-0.39, 0.29) is 21.5 Å². The molecule has 10 nitrogen and oxygen atoms in total. The van der Waals surface area contributed by atoms with Crippen LogP contribution in [0.1, 0.15) is 15.9 Å². The van der Waals surface area contributed by atoms with Gasteiger partial charge in [0.25, 0.3) is 26.0 Å². The van der Waals surface area contributed by atoms with Crippen LogP contribution in [0.25, 0.3) is 0 Å². The normalized spacial score (nSPS) is 11.1. The molecule has 0 aliphatic rings. The summed E-state index contributed by atoms with van der Waals surface area (Å²) in [6.45, 7) is 1.88. The third-order valence-electron chi connectivity index (χ3n) is 3.58. The largest absolute Gasteiger partial charge is 0.296 e. The van der Waals surface area contributed by atoms with Crippen molar-refractivity contribution in [1.29, 1.82) is 0 Å². The minimum Gasteiger partial charge on any atom is -0.296 e. The monoisotopic (exact) mass is 453 g/mol. The molecule has 13 heteroatoms. The van der Waals surface area contributed by atoms with Crippen molar-refractivity contribution in [2.75, 3.05) is 10.0 Å². The first kappa shape index (κ1) is 20.6. The molecule has 0 saturated carbocycles. The number of nitrogens with one attached hydrogen (secondary N) is 2. The van der Waals surface area contributed by atoms with Crippen LogP contribution in [-0.4, -0.2) is 29.4 Å². The summed E-state index contributed by atoms with van der Waals surface area (Å²) in [5.74, 6) is -0.472. The molecule has 0 spiro atoms. The topological polar surface area (TPSA) is 144 Å². The van der Waals surface area contributed by atoms with Crippen molar-refractivity contribution in [2.45, 2.75) is 11.3 Å². The summed E-state index contributed by atoms with van der Waals surface area (Å²) >= 11 is 6.53. The third kappa shape index (κ3) is 4.85. The van der Waals surface area contributed by atoms with Gasteiger partial charge in [-0.3, -0.25) is 24.9 Å². The fourth-order valence-electron chi connectivity index (χ4n) is 2.14. The summed E-state index contributed by atoms with van der Waals surface area (Å²) < 4.78 is 26.7. The summed E-state index contributed by atoms with van der Waals surface area (Å²) in [5.41, 5.74) is 0.838. The average molecular weight is 454 g/mol. The molecule has 0 aliphatic heterocycles. The van der Waals surface area contributed by atoms with Gasteiger partial charge in [-0.05, 0) is 25.1 Å². The number of carbonyl (C=O) groups excluding carboxylic acids is 1. The van der Waals surface area contributed by atoms with Crippen molar-refractivity contribution in [1.82, 2.24) is 10.2 Å². The van der Waals surface area contributed by atoms with Crippen LogP contribution < -0.4 is 10.0 Å². The Balaban J connectivity index is 1.78. The molecule has 0 radical (unpaired) electrons. The van der Waals surface area contributed by atoms with E-state index in [1.807, 2.05) is 6.92 Å². The zero-order valence-electron chi connectivity index (χ0n) is 14.6. The number of non-ortho nitro benzene ring substituents is 1. The van der Waals surface area contributed by atoms with E-state index in [1.54, 1.807) is 24.3 Å². The zero-order valence-corrected chi connectivity index (χ0v) is 17.0. The first-order valence-corrected chi connectivity index (χ1v) is 10.5. The number of hydrogen-bond acceptors (Lipinski definition) is 8. The highest BCUT2D eigenvalue weighted by atomic mass is 35.5. The minimum atomic E-state index is -4.23. The van der Waals surface area contributed by atoms with Crippen molar-refractivity contribution in [3.63, 3.8) is 0 Å². The molecule has 1 aromatic heterocycles. The second-order valence-electron chi connectivity index (χ2n) is 5.72. The van der Waals surface area contributed by atoms with Crippen LogP contribution in [0, 0.1) is 17.0 Å². The fourth-order valence-corrected chi connectivity index (χ4v) is 4.32. The lowest BCUT2D eigenvalue weighted by Crippen LogP contribution is -2.13. The number of carbonyl (C=O) groups is 1. The standard InChI is InChI=1S/C16H12ClN5O5S2/c1-9-2-4-10(5-3-9)14(23)18-15-19-20-16(28-15)29(26,27)21-13-8-11(22(24)25)6-7-12(13)17/h2-8,21H,1H3,(H,18,19,23). The highest BCUT2D eigenvalue weighted by molar-refractivity contribution is 7.94. The Morgan fingerprint density at radius 3 is 2.52 bits per heavy atom. The Morgan fingerprint density at radius 2 is 1.86 bits per heavy atom. The van der Waals surface area contributed by atoms with E-state index in [0.717, 1.165) is 17.7 Å². The fraction of sp³-hybridized carbons (Fsp3) is 0.0625. The maximum Gasteiger partial charge on any atom is 0.291 e. The number of amides is 1. The Bertz CT molecular complexity index is 1190. The van der Waals surface area contributed by atoms with Gasteiger partial charge in [0, 0.05) is 17.7 Å². The molecule has 2 aromatic carbocycles. The van der Waals surface area contributed by atoms with Gasteiger partial charge < -0.3 is 0 Å². The van der Waals surface area contributed by atoms with Crippen molar-refractivity contribution < 1.29 is 18.1 Å². The van der Waals surface area contributed by atoms with Crippen LogP contribution in [0.4, 0.5) is 16.5 Å². The van der Waals surface area contributed by atoms with Crippen molar-refractivity contribution >= 4 is 55.4 Å². The lowest BCUT2D eigenvalue weighted by molar-refractivity contribution is -0.384. The predicted octanol–water partition coefficient (Wildman–Crippen LogP) is 3.46. The maximum atomic E-state index is 12.5. The number of nitro groups is 1. The molecule has 29 heavy (non-hydrogen) atoms. The number of benzene rings is 2. The van der Waals surface area contributed by atoms with Gasteiger partial charge in [-0.2, -0.15) is 8.42 Å². The number of anilines is 2. The molecule has 3 aromatic rings. The van der Waals surface area contributed by atoms with Gasteiger partial charge in [0.1, 0.15) is 0 Å². The van der Waals surface area contributed by atoms with Gasteiger partial charge in [-0.25, -0.2) is 0 Å². The number of nitro benzene ring substituents is 1. The van der Waals surface area contributed by atoms with Crippen LogP contribution in [-0.2, 0) is 10.0 Å². The van der Waals surface area contributed by atoms with E-state index in [1.165, 1.54) is 6.07 Å². The molecular formula is C16H12ClN5O5S2. The molecule has 0 atom stereocenters. The predicted molar refractivity (Wildman–Crippen MR) is 108 cm³/mol. The Labute approximate surface area is 173 Å². The number of nitrogens with zero attached hydrogens (tertiary/aromatic N) is 3. The lowest BCUT2D eigenvalue weighted by atomic mass is 10.1. The summed E-state index contributed by atoms with van der Waals surface area (Å²) in [4.78, 5) is 22.4. The summed E-state index contributed by atoms with van der Waals surface area (Å²) in [7, 11) is -4.23. The van der Waals surface area contributed by atoms with E-state index < -0.39 is 25.2 Å². The van der Waals surface area contributed by atoms with Crippen LogP contribution in [0.5, 0.6) is 0 Å². The van der Waals surface area contributed by atoms with Crippen LogP contribution >= 0.6 is 22.9 Å². The smallest absolute Gasteiger partial charge is 0.291 e. The molecule has 0 fully saturated rings. The van der Waals surface area contributed by atoms with Gasteiger partial charge in [0.15, 0.2) is 0 Å². The molecule has 3 rings (SSSR count). The number of halogens is 1. The van der Waals surface area contributed by atoms with E-state index in [0.29, 0.717) is 16.9 Å².